The standard InChI is InChI=1S/C47H90O6/c1-5-7-9-11-12-13-14-15-16-17-21-24-27-31-35-39-46(49)52-42-44(41-51-45(48)38-34-29-10-8-6-2)53-47(50)40-36-32-28-25-22-19-18-20-23-26-30-33-37-43(3)4/h43-44H,5-42H2,1-4H3/t44-/m0/s1. The van der Waals surface area contributed by atoms with Crippen molar-refractivity contribution in [3.63, 3.8) is 0 Å². The average molecular weight is 751 g/mol. The Bertz CT molecular complexity index is 796. The summed E-state index contributed by atoms with van der Waals surface area (Å²) in [5.74, 6) is -0.0335. The Morgan fingerprint density at radius 3 is 0.925 bits per heavy atom. The third-order valence-corrected chi connectivity index (χ3v) is 10.5. The molecule has 53 heavy (non-hydrogen) atoms. The molecule has 0 unspecified atom stereocenters. The SMILES string of the molecule is CCCCCCCCCCCCCCCCCC(=O)OC[C@H](COC(=O)CCCCCCC)OC(=O)CCCCCCCCCCCCCCC(C)C. The highest BCUT2D eigenvalue weighted by Gasteiger charge is 2.19. The van der Waals surface area contributed by atoms with Gasteiger partial charge in [-0.25, -0.2) is 0 Å². The van der Waals surface area contributed by atoms with E-state index in [1.165, 1.54) is 148 Å². The quantitative estimate of drug-likeness (QED) is 0.0351. The highest BCUT2D eigenvalue weighted by molar-refractivity contribution is 5.71. The van der Waals surface area contributed by atoms with Gasteiger partial charge in [0.05, 0.1) is 0 Å². The van der Waals surface area contributed by atoms with Gasteiger partial charge in [-0.05, 0) is 25.2 Å². The summed E-state index contributed by atoms with van der Waals surface area (Å²) in [6.45, 7) is 8.93. The fraction of sp³-hybridized carbons (Fsp3) is 0.936. The van der Waals surface area contributed by atoms with Gasteiger partial charge in [-0.3, -0.25) is 14.4 Å². The van der Waals surface area contributed by atoms with Gasteiger partial charge in [0.25, 0.3) is 0 Å². The zero-order valence-corrected chi connectivity index (χ0v) is 36.0. The van der Waals surface area contributed by atoms with E-state index in [1.54, 1.807) is 0 Å². The van der Waals surface area contributed by atoms with E-state index < -0.39 is 6.10 Å². The minimum Gasteiger partial charge on any atom is -0.462 e. The van der Waals surface area contributed by atoms with Crippen molar-refractivity contribution < 1.29 is 28.6 Å². The van der Waals surface area contributed by atoms with Gasteiger partial charge in [0, 0.05) is 19.3 Å². The maximum atomic E-state index is 12.7. The van der Waals surface area contributed by atoms with Crippen LogP contribution in [0.4, 0.5) is 0 Å². The normalized spacial score (nSPS) is 11.9. The van der Waals surface area contributed by atoms with Crippen LogP contribution in [0.2, 0.25) is 0 Å². The zero-order chi connectivity index (χ0) is 38.9. The summed E-state index contributed by atoms with van der Waals surface area (Å²) in [6, 6.07) is 0. The molecule has 0 saturated carbocycles. The van der Waals surface area contributed by atoms with E-state index >= 15 is 0 Å². The van der Waals surface area contributed by atoms with Crippen LogP contribution < -0.4 is 0 Å². The van der Waals surface area contributed by atoms with Gasteiger partial charge in [0.1, 0.15) is 13.2 Å². The highest BCUT2D eigenvalue weighted by Crippen LogP contribution is 2.16. The van der Waals surface area contributed by atoms with Crippen LogP contribution in [0, 0.1) is 5.92 Å². The lowest BCUT2D eigenvalue weighted by atomic mass is 10.0. The maximum absolute atomic E-state index is 12.7. The molecule has 6 nitrogen and oxygen atoms in total. The lowest BCUT2D eigenvalue weighted by molar-refractivity contribution is -0.167. The second-order valence-electron chi connectivity index (χ2n) is 16.5. The maximum Gasteiger partial charge on any atom is 0.306 e. The molecular weight excluding hydrogens is 661 g/mol. The molecule has 1 atom stereocenters. The van der Waals surface area contributed by atoms with E-state index in [2.05, 4.69) is 27.7 Å². The van der Waals surface area contributed by atoms with Crippen LogP contribution in [-0.2, 0) is 28.6 Å². The van der Waals surface area contributed by atoms with Crippen molar-refractivity contribution in [2.45, 2.75) is 265 Å². The molecule has 0 aliphatic carbocycles. The van der Waals surface area contributed by atoms with E-state index in [1.807, 2.05) is 0 Å². The number of carbonyl (C=O) groups is 3. The third-order valence-electron chi connectivity index (χ3n) is 10.5. The van der Waals surface area contributed by atoms with E-state index in [-0.39, 0.29) is 31.1 Å². The summed E-state index contributed by atoms with van der Waals surface area (Å²) in [5.41, 5.74) is 0. The molecule has 0 radical (unpaired) electrons. The summed E-state index contributed by atoms with van der Waals surface area (Å²) in [6.07, 6.45) is 41.1. The third kappa shape index (κ3) is 41.4. The summed E-state index contributed by atoms with van der Waals surface area (Å²) in [7, 11) is 0. The molecule has 0 N–H and O–H groups in total. The smallest absolute Gasteiger partial charge is 0.306 e. The number of esters is 3. The summed E-state index contributed by atoms with van der Waals surface area (Å²) in [5, 5.41) is 0. The molecule has 0 aromatic rings. The topological polar surface area (TPSA) is 78.9 Å². The van der Waals surface area contributed by atoms with Crippen LogP contribution in [0.5, 0.6) is 0 Å². The van der Waals surface area contributed by atoms with Gasteiger partial charge in [0.15, 0.2) is 6.10 Å². The number of rotatable bonds is 42. The first-order valence-electron chi connectivity index (χ1n) is 23.4. The van der Waals surface area contributed by atoms with Gasteiger partial charge in [-0.1, -0.05) is 220 Å². The molecule has 0 spiro atoms. The first-order valence-corrected chi connectivity index (χ1v) is 23.4. The van der Waals surface area contributed by atoms with Crippen molar-refractivity contribution in [2.24, 2.45) is 5.92 Å². The van der Waals surface area contributed by atoms with Gasteiger partial charge in [-0.2, -0.15) is 0 Å². The Kier molecular flexibility index (Phi) is 40.3. The Hall–Kier alpha value is -1.59. The van der Waals surface area contributed by atoms with Crippen molar-refractivity contribution in [1.82, 2.24) is 0 Å². The van der Waals surface area contributed by atoms with Gasteiger partial charge in [0.2, 0.25) is 0 Å². The van der Waals surface area contributed by atoms with Crippen LogP contribution in [-0.4, -0.2) is 37.2 Å². The molecule has 0 heterocycles. The van der Waals surface area contributed by atoms with E-state index in [4.69, 9.17) is 14.2 Å². The van der Waals surface area contributed by atoms with Crippen LogP contribution in [0.15, 0.2) is 0 Å². The number of ether oxygens (including phenoxy) is 3. The Balaban J connectivity index is 4.16. The molecule has 0 aromatic heterocycles. The molecule has 0 rings (SSSR count). The number of carbonyl (C=O) groups excluding carboxylic acids is 3. The summed E-state index contributed by atoms with van der Waals surface area (Å²) in [4.78, 5) is 37.5. The monoisotopic (exact) mass is 751 g/mol. The lowest BCUT2D eigenvalue weighted by Crippen LogP contribution is -2.30. The van der Waals surface area contributed by atoms with Crippen molar-refractivity contribution in [3.8, 4) is 0 Å². The van der Waals surface area contributed by atoms with Crippen molar-refractivity contribution in [3.05, 3.63) is 0 Å². The van der Waals surface area contributed by atoms with Gasteiger partial charge in [-0.15, -0.1) is 0 Å². The number of unbranched alkanes of at least 4 members (excludes halogenated alkanes) is 29. The van der Waals surface area contributed by atoms with Crippen molar-refractivity contribution >= 4 is 17.9 Å². The second-order valence-corrected chi connectivity index (χ2v) is 16.5. The number of hydrogen-bond donors (Lipinski definition) is 0. The Morgan fingerprint density at radius 2 is 0.623 bits per heavy atom. The fourth-order valence-electron chi connectivity index (χ4n) is 6.98. The minimum atomic E-state index is -0.758. The second kappa shape index (κ2) is 41.6. The predicted molar refractivity (Wildman–Crippen MR) is 224 cm³/mol. The van der Waals surface area contributed by atoms with Crippen LogP contribution in [0.1, 0.15) is 259 Å². The molecule has 6 heteroatoms. The molecule has 0 aliphatic heterocycles. The molecule has 0 aliphatic rings. The molecule has 0 fully saturated rings. The molecule has 314 valence electrons. The average Bonchev–Trinajstić information content (AvgIpc) is 3.14. The first-order chi connectivity index (χ1) is 25.9. The van der Waals surface area contributed by atoms with E-state index in [9.17, 15) is 14.4 Å². The highest BCUT2D eigenvalue weighted by atomic mass is 16.6. The molecule has 0 saturated heterocycles. The zero-order valence-electron chi connectivity index (χ0n) is 36.0. The predicted octanol–water partition coefficient (Wildman–Crippen LogP) is 14.7. The molecular formula is C47H90O6. The Labute approximate surface area is 329 Å². The van der Waals surface area contributed by atoms with E-state index in [0.717, 1.165) is 70.1 Å². The lowest BCUT2D eigenvalue weighted by Gasteiger charge is -2.18. The molecule has 0 amide bonds. The Morgan fingerprint density at radius 1 is 0.358 bits per heavy atom. The van der Waals surface area contributed by atoms with Gasteiger partial charge < -0.3 is 14.2 Å². The molecule has 0 aromatic carbocycles. The fourth-order valence-corrected chi connectivity index (χ4v) is 6.98. The van der Waals surface area contributed by atoms with Crippen LogP contribution in [0.25, 0.3) is 0 Å². The van der Waals surface area contributed by atoms with Crippen molar-refractivity contribution in [2.75, 3.05) is 13.2 Å². The van der Waals surface area contributed by atoms with Gasteiger partial charge >= 0.3 is 17.9 Å². The summed E-state index contributed by atoms with van der Waals surface area (Å²) < 4.78 is 16.6. The van der Waals surface area contributed by atoms with Crippen molar-refractivity contribution in [1.29, 1.82) is 0 Å². The first kappa shape index (κ1) is 51.4. The minimum absolute atomic E-state index is 0.0644. The largest absolute Gasteiger partial charge is 0.462 e. The van der Waals surface area contributed by atoms with Crippen LogP contribution in [0.3, 0.4) is 0 Å². The summed E-state index contributed by atoms with van der Waals surface area (Å²) >= 11 is 0. The van der Waals surface area contributed by atoms with E-state index in [0.29, 0.717) is 19.3 Å². The van der Waals surface area contributed by atoms with Crippen LogP contribution >= 0.6 is 0 Å². The number of hydrogen-bond acceptors (Lipinski definition) is 6. The molecule has 0 bridgehead atoms.